The van der Waals surface area contributed by atoms with Gasteiger partial charge in [0.2, 0.25) is 0 Å². The van der Waals surface area contributed by atoms with Crippen molar-refractivity contribution in [2.24, 2.45) is 5.73 Å². The maximum Gasteiger partial charge on any atom is 0.0403 e. The second-order valence-corrected chi connectivity index (χ2v) is 2.21. The molecular formula is C5H8ClN. The van der Waals surface area contributed by atoms with Gasteiger partial charge in [-0.1, -0.05) is 17.7 Å². The van der Waals surface area contributed by atoms with E-state index in [2.05, 4.69) is 0 Å². The van der Waals surface area contributed by atoms with Gasteiger partial charge in [-0.15, -0.1) is 0 Å². The Morgan fingerprint density at radius 2 is 2.57 bits per heavy atom. The molecule has 2 N–H and O–H groups in total. The van der Waals surface area contributed by atoms with Gasteiger partial charge in [0, 0.05) is 11.1 Å². The second kappa shape index (κ2) is 1.85. The van der Waals surface area contributed by atoms with Crippen LogP contribution in [0.3, 0.4) is 0 Å². The van der Waals surface area contributed by atoms with Crippen LogP contribution in [-0.2, 0) is 0 Å². The largest absolute Gasteiger partial charge is 0.323 e. The molecule has 1 nitrogen and oxygen atoms in total. The van der Waals surface area contributed by atoms with E-state index in [9.17, 15) is 0 Å². The normalized spacial score (nSPS) is 30.6. The Kier molecular flexibility index (Phi) is 1.35. The zero-order valence-corrected chi connectivity index (χ0v) is 4.78. The quantitative estimate of drug-likeness (QED) is 0.508. The Labute approximate surface area is 48.1 Å². The van der Waals surface area contributed by atoms with Crippen LogP contribution in [0.25, 0.3) is 0 Å². The molecule has 7 heavy (non-hydrogen) atoms. The van der Waals surface area contributed by atoms with Crippen molar-refractivity contribution in [3.05, 3.63) is 11.1 Å². The van der Waals surface area contributed by atoms with Gasteiger partial charge in [0.1, 0.15) is 0 Å². The minimum absolute atomic E-state index is 0.140. The van der Waals surface area contributed by atoms with Gasteiger partial charge in [0.05, 0.1) is 0 Å². The smallest absolute Gasteiger partial charge is 0.0403 e. The van der Waals surface area contributed by atoms with E-state index in [4.69, 9.17) is 17.3 Å². The predicted molar refractivity (Wildman–Crippen MR) is 31.1 cm³/mol. The van der Waals surface area contributed by atoms with E-state index >= 15 is 0 Å². The van der Waals surface area contributed by atoms with Crippen molar-refractivity contribution in [3.63, 3.8) is 0 Å². The molecule has 0 aromatic rings. The molecular weight excluding hydrogens is 110 g/mol. The van der Waals surface area contributed by atoms with E-state index in [0.717, 1.165) is 17.9 Å². The first-order chi connectivity index (χ1) is 3.30. The molecule has 1 aliphatic rings. The molecule has 0 spiro atoms. The first kappa shape index (κ1) is 5.13. The molecule has 1 unspecified atom stereocenters. The average Bonchev–Trinajstić information content (AvgIpc) is 1.91. The fraction of sp³-hybridized carbons (Fsp3) is 0.600. The summed E-state index contributed by atoms with van der Waals surface area (Å²) in [5, 5.41) is 0.833. The standard InChI is InChI=1S/C5H8ClN/c6-4-2-1-3-5(4)7/h2,5H,1,3,7H2. The number of rotatable bonds is 0. The molecule has 1 aliphatic carbocycles. The Morgan fingerprint density at radius 1 is 1.86 bits per heavy atom. The Hall–Kier alpha value is -0.0100. The van der Waals surface area contributed by atoms with Gasteiger partial charge >= 0.3 is 0 Å². The number of allylic oxidation sites excluding steroid dienone is 1. The first-order valence-electron chi connectivity index (χ1n) is 2.42. The molecule has 2 heteroatoms. The summed E-state index contributed by atoms with van der Waals surface area (Å²) in [5.41, 5.74) is 5.48. The van der Waals surface area contributed by atoms with Crippen molar-refractivity contribution < 1.29 is 0 Å². The molecule has 0 aromatic carbocycles. The monoisotopic (exact) mass is 117 g/mol. The van der Waals surface area contributed by atoms with E-state index in [1.54, 1.807) is 0 Å². The minimum Gasteiger partial charge on any atom is -0.323 e. The zero-order chi connectivity index (χ0) is 5.28. The summed E-state index contributed by atoms with van der Waals surface area (Å²) in [4.78, 5) is 0. The minimum atomic E-state index is 0.140. The van der Waals surface area contributed by atoms with Crippen molar-refractivity contribution in [1.82, 2.24) is 0 Å². The highest BCUT2D eigenvalue weighted by Crippen LogP contribution is 2.19. The summed E-state index contributed by atoms with van der Waals surface area (Å²) in [6.45, 7) is 0. The summed E-state index contributed by atoms with van der Waals surface area (Å²) >= 11 is 5.60. The van der Waals surface area contributed by atoms with Crippen molar-refractivity contribution in [1.29, 1.82) is 0 Å². The average molecular weight is 118 g/mol. The number of halogens is 1. The van der Waals surface area contributed by atoms with Gasteiger partial charge in [-0.05, 0) is 12.8 Å². The van der Waals surface area contributed by atoms with Gasteiger partial charge < -0.3 is 5.73 Å². The summed E-state index contributed by atoms with van der Waals surface area (Å²) in [7, 11) is 0. The van der Waals surface area contributed by atoms with Crippen molar-refractivity contribution in [2.75, 3.05) is 0 Å². The summed E-state index contributed by atoms with van der Waals surface area (Å²) in [6, 6.07) is 0.140. The molecule has 0 fully saturated rings. The van der Waals surface area contributed by atoms with E-state index < -0.39 is 0 Å². The number of hydrogen-bond acceptors (Lipinski definition) is 1. The zero-order valence-electron chi connectivity index (χ0n) is 4.02. The van der Waals surface area contributed by atoms with Crippen LogP contribution in [0.15, 0.2) is 11.1 Å². The lowest BCUT2D eigenvalue weighted by Gasteiger charge is -1.97. The van der Waals surface area contributed by atoms with Crippen LogP contribution in [0, 0.1) is 0 Å². The lowest BCUT2D eigenvalue weighted by Crippen LogP contribution is -2.15. The maximum absolute atomic E-state index is 5.60. The molecule has 1 rings (SSSR count). The second-order valence-electron chi connectivity index (χ2n) is 1.77. The lowest BCUT2D eigenvalue weighted by molar-refractivity contribution is 0.772. The molecule has 0 bridgehead atoms. The molecule has 0 heterocycles. The van der Waals surface area contributed by atoms with Gasteiger partial charge in [0.15, 0.2) is 0 Å². The molecule has 0 amide bonds. The van der Waals surface area contributed by atoms with Crippen LogP contribution >= 0.6 is 11.6 Å². The Bertz CT molecular complexity index is 98.3. The number of hydrogen-bond donors (Lipinski definition) is 1. The molecule has 0 aliphatic heterocycles. The Balaban J connectivity index is 2.54. The third-order valence-electron chi connectivity index (χ3n) is 1.17. The highest BCUT2D eigenvalue weighted by atomic mass is 35.5. The Morgan fingerprint density at radius 3 is 2.71 bits per heavy atom. The van der Waals surface area contributed by atoms with Crippen molar-refractivity contribution in [3.8, 4) is 0 Å². The molecule has 0 saturated heterocycles. The lowest BCUT2D eigenvalue weighted by atomic mass is 10.3. The SMILES string of the molecule is NC1CCC=C1Cl. The molecule has 0 saturated carbocycles. The van der Waals surface area contributed by atoms with Crippen LogP contribution < -0.4 is 5.73 Å². The summed E-state index contributed by atoms with van der Waals surface area (Å²) < 4.78 is 0. The van der Waals surface area contributed by atoms with E-state index in [1.165, 1.54) is 0 Å². The fourth-order valence-corrected chi connectivity index (χ4v) is 0.908. The van der Waals surface area contributed by atoms with Crippen LogP contribution in [0.1, 0.15) is 12.8 Å². The molecule has 0 radical (unpaired) electrons. The first-order valence-corrected chi connectivity index (χ1v) is 2.79. The highest BCUT2D eigenvalue weighted by Gasteiger charge is 2.10. The van der Waals surface area contributed by atoms with Crippen LogP contribution in [0.5, 0.6) is 0 Å². The number of nitrogens with two attached hydrogens (primary N) is 1. The van der Waals surface area contributed by atoms with Gasteiger partial charge in [-0.3, -0.25) is 0 Å². The van der Waals surface area contributed by atoms with Gasteiger partial charge in [-0.2, -0.15) is 0 Å². The molecule has 0 aromatic heterocycles. The van der Waals surface area contributed by atoms with E-state index in [-0.39, 0.29) is 6.04 Å². The van der Waals surface area contributed by atoms with Crippen LogP contribution in [-0.4, -0.2) is 6.04 Å². The third-order valence-corrected chi connectivity index (χ3v) is 1.61. The maximum atomic E-state index is 5.60. The van der Waals surface area contributed by atoms with Crippen LogP contribution in [0.2, 0.25) is 0 Å². The van der Waals surface area contributed by atoms with E-state index in [1.807, 2.05) is 6.08 Å². The van der Waals surface area contributed by atoms with Gasteiger partial charge in [0.25, 0.3) is 0 Å². The fourth-order valence-electron chi connectivity index (χ4n) is 0.690. The van der Waals surface area contributed by atoms with Gasteiger partial charge in [-0.25, -0.2) is 0 Å². The predicted octanol–water partition coefficient (Wildman–Crippen LogP) is 1.23. The molecule has 40 valence electrons. The van der Waals surface area contributed by atoms with Crippen molar-refractivity contribution in [2.45, 2.75) is 18.9 Å². The van der Waals surface area contributed by atoms with Crippen LogP contribution in [0.4, 0.5) is 0 Å². The third kappa shape index (κ3) is 0.956. The van der Waals surface area contributed by atoms with Crippen molar-refractivity contribution >= 4 is 11.6 Å². The summed E-state index contributed by atoms with van der Waals surface area (Å²) in [5.74, 6) is 0. The topological polar surface area (TPSA) is 26.0 Å². The highest BCUT2D eigenvalue weighted by molar-refractivity contribution is 6.30. The van der Waals surface area contributed by atoms with E-state index in [0.29, 0.717) is 0 Å². The molecule has 1 atom stereocenters. The summed E-state index contributed by atoms with van der Waals surface area (Å²) in [6.07, 6.45) is 4.06.